The van der Waals surface area contributed by atoms with Gasteiger partial charge in [0.25, 0.3) is 0 Å². The van der Waals surface area contributed by atoms with Gasteiger partial charge in [-0.1, -0.05) is 20.8 Å². The zero-order valence-corrected chi connectivity index (χ0v) is 25.2. The average molecular weight is 582 g/mol. The number of hydrogen-bond donors (Lipinski definition) is 4. The van der Waals surface area contributed by atoms with Crippen LogP contribution in [-0.4, -0.2) is 142 Å². The van der Waals surface area contributed by atoms with E-state index in [4.69, 9.17) is 0 Å². The molecule has 0 bridgehead atoms. The molecule has 35 heavy (non-hydrogen) atoms. The van der Waals surface area contributed by atoms with Crippen molar-refractivity contribution in [3.63, 3.8) is 0 Å². The number of rotatable bonds is 11. The minimum Gasteiger partial charge on any atom is -0.344 e. The summed E-state index contributed by atoms with van der Waals surface area (Å²) < 4.78 is 49.5. The van der Waals surface area contributed by atoms with Gasteiger partial charge in [-0.05, 0) is 0 Å². The van der Waals surface area contributed by atoms with E-state index in [1.807, 2.05) is 19.6 Å². The first-order chi connectivity index (χ1) is 16.0. The highest BCUT2D eigenvalue weighted by Gasteiger charge is 2.28. The summed E-state index contributed by atoms with van der Waals surface area (Å²) in [4.78, 5) is 48.0. The summed E-state index contributed by atoms with van der Waals surface area (Å²) in [5, 5.41) is 0. The van der Waals surface area contributed by atoms with E-state index in [2.05, 4.69) is 0 Å². The molecule has 0 spiro atoms. The maximum absolute atomic E-state index is 12.5. The lowest BCUT2D eigenvalue weighted by atomic mass is 10.4. The summed E-state index contributed by atoms with van der Waals surface area (Å²) in [6, 6.07) is 0. The standard InChI is InChI=1S/C19H46N4O8P4/c1-5-33(26,27)17-21-10-8-20(16-32(4,24)25)9-11-22(18-34(28,29)6-2)13-15-23(14-12-21)19-35(30,31)7-3/h5-19H2,1-4H3,(H,24,25)(H,26,27)(H,28,29)(H,30,31). The van der Waals surface area contributed by atoms with Crippen LogP contribution in [0.3, 0.4) is 0 Å². The number of nitrogens with zero attached hydrogens (tertiary/aromatic N) is 4. The molecule has 4 unspecified atom stereocenters. The third kappa shape index (κ3) is 14.9. The van der Waals surface area contributed by atoms with Crippen LogP contribution in [0.1, 0.15) is 20.8 Å². The first-order valence-electron chi connectivity index (χ1n) is 12.1. The van der Waals surface area contributed by atoms with E-state index in [9.17, 15) is 37.8 Å². The third-order valence-corrected chi connectivity index (χ3v) is 12.6. The number of hydrogen-bond acceptors (Lipinski definition) is 8. The van der Waals surface area contributed by atoms with Gasteiger partial charge < -0.3 is 19.6 Å². The molecule has 1 saturated heterocycles. The van der Waals surface area contributed by atoms with Gasteiger partial charge in [-0.25, -0.2) is 0 Å². The lowest BCUT2D eigenvalue weighted by molar-refractivity contribution is 0.159. The first-order valence-corrected chi connectivity index (χ1v) is 20.5. The van der Waals surface area contributed by atoms with Crippen molar-refractivity contribution in [1.29, 1.82) is 0 Å². The van der Waals surface area contributed by atoms with Gasteiger partial charge in [0.05, 0.1) is 25.1 Å². The van der Waals surface area contributed by atoms with Crippen LogP contribution in [0.25, 0.3) is 0 Å². The van der Waals surface area contributed by atoms with Gasteiger partial charge in [0, 0.05) is 77.5 Å². The molecule has 4 atom stereocenters. The van der Waals surface area contributed by atoms with Gasteiger partial charge in [0.2, 0.25) is 29.5 Å². The molecule has 0 radical (unpaired) electrons. The molecule has 1 aliphatic heterocycles. The quantitative estimate of drug-likeness (QED) is 0.262. The van der Waals surface area contributed by atoms with Crippen molar-refractivity contribution < 1.29 is 37.8 Å². The van der Waals surface area contributed by atoms with Crippen LogP contribution in [0, 0.1) is 0 Å². The highest BCUT2D eigenvalue weighted by molar-refractivity contribution is 7.58. The monoisotopic (exact) mass is 582 g/mol. The van der Waals surface area contributed by atoms with Crippen molar-refractivity contribution >= 4 is 29.5 Å². The van der Waals surface area contributed by atoms with Gasteiger partial charge in [-0.2, -0.15) is 0 Å². The second-order valence-corrected chi connectivity index (χ2v) is 19.8. The maximum atomic E-state index is 12.5. The Labute approximate surface area is 210 Å². The summed E-state index contributed by atoms with van der Waals surface area (Å²) in [5.41, 5.74) is 0. The molecule has 12 nitrogen and oxygen atoms in total. The summed E-state index contributed by atoms with van der Waals surface area (Å²) in [6.45, 7) is 9.34. The van der Waals surface area contributed by atoms with E-state index in [0.29, 0.717) is 52.4 Å². The van der Waals surface area contributed by atoms with Crippen LogP contribution in [0.5, 0.6) is 0 Å². The molecule has 16 heteroatoms. The van der Waals surface area contributed by atoms with Gasteiger partial charge in [0.1, 0.15) is 0 Å². The molecule has 0 aromatic rings. The summed E-state index contributed by atoms with van der Waals surface area (Å²) in [5.74, 6) is 0. The van der Waals surface area contributed by atoms with E-state index in [1.165, 1.54) is 6.66 Å². The van der Waals surface area contributed by atoms with E-state index in [0.717, 1.165) is 0 Å². The normalized spacial score (nSPS) is 25.9. The molecule has 0 aromatic heterocycles. The second-order valence-electron chi connectivity index (χ2n) is 9.58. The molecule has 0 aliphatic carbocycles. The SMILES string of the molecule is CCP(=O)(O)CN1CCN(CP(C)(=O)O)CCN(CP(=O)(O)CC)CCN(CP(=O)(O)CC)CC1. The Kier molecular flexibility index (Phi) is 14.1. The molecule has 0 amide bonds. The molecular weight excluding hydrogens is 536 g/mol. The van der Waals surface area contributed by atoms with Crippen LogP contribution < -0.4 is 0 Å². The van der Waals surface area contributed by atoms with Crippen LogP contribution in [0.4, 0.5) is 0 Å². The Balaban J connectivity index is 3.18. The zero-order chi connectivity index (χ0) is 26.9. The fraction of sp³-hybridized carbons (Fsp3) is 1.00. The molecule has 0 aromatic carbocycles. The van der Waals surface area contributed by atoms with E-state index in [-0.39, 0.29) is 43.6 Å². The Hall–Kier alpha value is 0.600. The fourth-order valence-corrected chi connectivity index (χ4v) is 8.10. The van der Waals surface area contributed by atoms with Crippen LogP contribution >= 0.6 is 29.5 Å². The molecule has 1 aliphatic rings. The lowest BCUT2D eigenvalue weighted by Gasteiger charge is -2.35. The fourth-order valence-electron chi connectivity index (χ4n) is 3.75. The van der Waals surface area contributed by atoms with Gasteiger partial charge in [0.15, 0.2) is 0 Å². The summed E-state index contributed by atoms with van der Waals surface area (Å²) >= 11 is 0. The molecule has 4 N–H and O–H groups in total. The van der Waals surface area contributed by atoms with Crippen LogP contribution in [0.2, 0.25) is 0 Å². The van der Waals surface area contributed by atoms with Crippen LogP contribution in [-0.2, 0) is 18.3 Å². The van der Waals surface area contributed by atoms with Crippen molar-refractivity contribution in [3.8, 4) is 0 Å². The highest BCUT2D eigenvalue weighted by Crippen LogP contribution is 2.43. The van der Waals surface area contributed by atoms with Gasteiger partial charge in [-0.15, -0.1) is 0 Å². The Bertz CT molecular complexity index is 800. The van der Waals surface area contributed by atoms with Gasteiger partial charge in [-0.3, -0.25) is 37.9 Å². The molecule has 1 heterocycles. The first kappa shape index (κ1) is 33.6. The predicted molar refractivity (Wildman–Crippen MR) is 143 cm³/mol. The molecular formula is C19H46N4O8P4. The molecule has 1 fully saturated rings. The Morgan fingerprint density at radius 1 is 0.486 bits per heavy atom. The van der Waals surface area contributed by atoms with Gasteiger partial charge >= 0.3 is 0 Å². The largest absolute Gasteiger partial charge is 0.344 e. The average Bonchev–Trinajstić information content (AvgIpc) is 2.74. The maximum Gasteiger partial charge on any atom is 0.213 e. The minimum absolute atomic E-state index is 0.0179. The summed E-state index contributed by atoms with van der Waals surface area (Å²) in [6.07, 6.45) is 0.299. The van der Waals surface area contributed by atoms with Crippen molar-refractivity contribution in [1.82, 2.24) is 19.6 Å². The van der Waals surface area contributed by atoms with E-state index >= 15 is 0 Å². The van der Waals surface area contributed by atoms with E-state index < -0.39 is 29.5 Å². The van der Waals surface area contributed by atoms with Crippen molar-refractivity contribution in [3.05, 3.63) is 0 Å². The molecule has 210 valence electrons. The third-order valence-electron chi connectivity index (χ3n) is 6.14. The van der Waals surface area contributed by atoms with Crippen molar-refractivity contribution in [2.75, 3.05) is 103 Å². The lowest BCUT2D eigenvalue weighted by Crippen LogP contribution is -2.46. The Morgan fingerprint density at radius 3 is 0.857 bits per heavy atom. The van der Waals surface area contributed by atoms with Crippen molar-refractivity contribution in [2.24, 2.45) is 0 Å². The highest BCUT2D eigenvalue weighted by atomic mass is 31.2. The topological polar surface area (TPSA) is 162 Å². The van der Waals surface area contributed by atoms with Crippen molar-refractivity contribution in [2.45, 2.75) is 20.8 Å². The smallest absolute Gasteiger partial charge is 0.213 e. The predicted octanol–water partition coefficient (Wildman–Crippen LogP) is 1.81. The second kappa shape index (κ2) is 14.7. The molecule has 1 rings (SSSR count). The van der Waals surface area contributed by atoms with E-state index in [1.54, 1.807) is 20.8 Å². The Morgan fingerprint density at radius 2 is 0.686 bits per heavy atom. The zero-order valence-electron chi connectivity index (χ0n) is 21.6. The van der Waals surface area contributed by atoms with Crippen LogP contribution in [0.15, 0.2) is 0 Å². The summed E-state index contributed by atoms with van der Waals surface area (Å²) in [7, 11) is -13.5. The molecule has 0 saturated carbocycles. The minimum atomic E-state index is -3.37.